The van der Waals surface area contributed by atoms with Crippen LogP contribution in [0.5, 0.6) is 0 Å². The first-order valence-corrected chi connectivity index (χ1v) is 4.19. The SMILES string of the molecule is CCC(=O)Nc1cc(C)cc(F)c1. The average Bonchev–Trinajstić information content (AvgIpc) is 2.02. The normalized spacial score (nSPS) is 9.77. The van der Waals surface area contributed by atoms with Crippen molar-refractivity contribution in [2.24, 2.45) is 0 Å². The summed E-state index contributed by atoms with van der Waals surface area (Å²) < 4.78 is 12.8. The van der Waals surface area contributed by atoms with Crippen molar-refractivity contribution < 1.29 is 9.18 Å². The molecule has 2 nitrogen and oxygen atoms in total. The Kier molecular flexibility index (Phi) is 3.01. The smallest absolute Gasteiger partial charge is 0.224 e. The van der Waals surface area contributed by atoms with Crippen LogP contribution in [-0.4, -0.2) is 5.91 Å². The van der Waals surface area contributed by atoms with E-state index < -0.39 is 0 Å². The van der Waals surface area contributed by atoms with E-state index in [0.29, 0.717) is 12.1 Å². The summed E-state index contributed by atoms with van der Waals surface area (Å²) in [5.41, 5.74) is 1.32. The Morgan fingerprint density at radius 1 is 1.46 bits per heavy atom. The molecule has 70 valence electrons. The van der Waals surface area contributed by atoms with E-state index >= 15 is 0 Å². The van der Waals surface area contributed by atoms with Gasteiger partial charge in [0.25, 0.3) is 0 Å². The minimum atomic E-state index is -0.327. The fraction of sp³-hybridized carbons (Fsp3) is 0.300. The van der Waals surface area contributed by atoms with Crippen molar-refractivity contribution in [2.45, 2.75) is 20.3 Å². The Balaban J connectivity index is 2.83. The highest BCUT2D eigenvalue weighted by molar-refractivity contribution is 5.90. The number of nitrogens with one attached hydrogen (secondary N) is 1. The van der Waals surface area contributed by atoms with Crippen LogP contribution in [-0.2, 0) is 4.79 Å². The standard InChI is InChI=1S/C10H12FNO/c1-3-10(13)12-9-5-7(2)4-8(11)6-9/h4-6H,3H2,1-2H3,(H,12,13). The molecule has 0 fully saturated rings. The molecule has 0 unspecified atom stereocenters. The summed E-state index contributed by atoms with van der Waals surface area (Å²) >= 11 is 0. The van der Waals surface area contributed by atoms with Gasteiger partial charge in [-0.15, -0.1) is 0 Å². The molecule has 3 heteroatoms. The number of carbonyl (C=O) groups is 1. The predicted molar refractivity (Wildman–Crippen MR) is 50.1 cm³/mol. The van der Waals surface area contributed by atoms with Crippen LogP contribution in [0.15, 0.2) is 18.2 Å². The van der Waals surface area contributed by atoms with Crippen molar-refractivity contribution in [1.82, 2.24) is 0 Å². The first-order valence-electron chi connectivity index (χ1n) is 4.19. The van der Waals surface area contributed by atoms with Crippen LogP contribution in [0.2, 0.25) is 0 Å². The van der Waals surface area contributed by atoms with Crippen molar-refractivity contribution in [3.63, 3.8) is 0 Å². The summed E-state index contributed by atoms with van der Waals surface area (Å²) in [5, 5.41) is 2.59. The summed E-state index contributed by atoms with van der Waals surface area (Å²) in [6.45, 7) is 3.53. The van der Waals surface area contributed by atoms with E-state index in [2.05, 4.69) is 5.32 Å². The molecule has 1 amide bonds. The van der Waals surface area contributed by atoms with E-state index in [1.54, 1.807) is 19.9 Å². The van der Waals surface area contributed by atoms with Gasteiger partial charge in [0.2, 0.25) is 5.91 Å². The molecule has 0 aliphatic rings. The Bertz CT molecular complexity index is 302. The highest BCUT2D eigenvalue weighted by Gasteiger charge is 2.00. The number of amides is 1. The molecule has 1 rings (SSSR count). The molecule has 0 atom stereocenters. The highest BCUT2D eigenvalue weighted by Crippen LogP contribution is 2.13. The van der Waals surface area contributed by atoms with Crippen molar-refractivity contribution in [1.29, 1.82) is 0 Å². The molecular weight excluding hydrogens is 169 g/mol. The van der Waals surface area contributed by atoms with Crippen LogP contribution in [0.25, 0.3) is 0 Å². The van der Waals surface area contributed by atoms with Gasteiger partial charge < -0.3 is 5.32 Å². The van der Waals surface area contributed by atoms with E-state index in [1.165, 1.54) is 12.1 Å². The number of anilines is 1. The van der Waals surface area contributed by atoms with Crippen molar-refractivity contribution >= 4 is 11.6 Å². The number of benzene rings is 1. The fourth-order valence-corrected chi connectivity index (χ4v) is 1.06. The van der Waals surface area contributed by atoms with Crippen molar-refractivity contribution in [3.05, 3.63) is 29.6 Å². The lowest BCUT2D eigenvalue weighted by atomic mass is 10.2. The minimum absolute atomic E-state index is 0.106. The summed E-state index contributed by atoms with van der Waals surface area (Å²) in [6.07, 6.45) is 0.398. The first kappa shape index (κ1) is 9.71. The van der Waals surface area contributed by atoms with Crippen LogP contribution in [0.4, 0.5) is 10.1 Å². The molecule has 0 radical (unpaired) electrons. The Labute approximate surface area is 76.8 Å². The molecule has 1 aromatic rings. The second-order valence-corrected chi connectivity index (χ2v) is 2.92. The molecule has 0 heterocycles. The molecule has 0 saturated carbocycles. The topological polar surface area (TPSA) is 29.1 Å². The third-order valence-electron chi connectivity index (χ3n) is 1.65. The van der Waals surface area contributed by atoms with Gasteiger partial charge in [0.15, 0.2) is 0 Å². The lowest BCUT2D eigenvalue weighted by Gasteiger charge is -2.04. The highest BCUT2D eigenvalue weighted by atomic mass is 19.1. The third-order valence-corrected chi connectivity index (χ3v) is 1.65. The fourth-order valence-electron chi connectivity index (χ4n) is 1.06. The second-order valence-electron chi connectivity index (χ2n) is 2.92. The Morgan fingerprint density at radius 2 is 2.15 bits per heavy atom. The summed E-state index contributed by atoms with van der Waals surface area (Å²) in [4.78, 5) is 11.0. The maximum atomic E-state index is 12.8. The lowest BCUT2D eigenvalue weighted by molar-refractivity contribution is -0.115. The summed E-state index contributed by atoms with van der Waals surface area (Å²) in [7, 11) is 0. The number of aryl methyl sites for hydroxylation is 1. The van der Waals surface area contributed by atoms with Gasteiger partial charge in [-0.2, -0.15) is 0 Å². The third kappa shape index (κ3) is 2.86. The van der Waals surface area contributed by atoms with Gasteiger partial charge in [0, 0.05) is 12.1 Å². The number of carbonyl (C=O) groups excluding carboxylic acids is 1. The van der Waals surface area contributed by atoms with Crippen LogP contribution in [0.3, 0.4) is 0 Å². The Morgan fingerprint density at radius 3 is 2.69 bits per heavy atom. The minimum Gasteiger partial charge on any atom is -0.326 e. The second kappa shape index (κ2) is 4.03. The number of rotatable bonds is 2. The van der Waals surface area contributed by atoms with E-state index in [4.69, 9.17) is 0 Å². The van der Waals surface area contributed by atoms with Gasteiger partial charge in [-0.05, 0) is 30.7 Å². The molecule has 0 spiro atoms. The molecule has 0 bridgehead atoms. The van der Waals surface area contributed by atoms with Crippen molar-refractivity contribution in [3.8, 4) is 0 Å². The van der Waals surface area contributed by atoms with Gasteiger partial charge in [-0.25, -0.2) is 4.39 Å². The first-order chi connectivity index (χ1) is 6.11. The van der Waals surface area contributed by atoms with E-state index in [9.17, 15) is 9.18 Å². The molecule has 0 aliphatic heterocycles. The van der Waals surface area contributed by atoms with E-state index in [0.717, 1.165) is 5.56 Å². The van der Waals surface area contributed by atoms with Crippen LogP contribution in [0, 0.1) is 12.7 Å². The van der Waals surface area contributed by atoms with E-state index in [1.807, 2.05) is 0 Å². The Hall–Kier alpha value is -1.38. The summed E-state index contributed by atoms with van der Waals surface area (Å²) in [5.74, 6) is -0.434. The number of hydrogen-bond acceptors (Lipinski definition) is 1. The zero-order chi connectivity index (χ0) is 9.84. The average molecular weight is 181 g/mol. The number of hydrogen-bond donors (Lipinski definition) is 1. The quantitative estimate of drug-likeness (QED) is 0.746. The zero-order valence-electron chi connectivity index (χ0n) is 7.73. The van der Waals surface area contributed by atoms with Gasteiger partial charge in [0.1, 0.15) is 5.82 Å². The molecule has 0 aliphatic carbocycles. The van der Waals surface area contributed by atoms with Gasteiger partial charge in [-0.3, -0.25) is 4.79 Å². The molecular formula is C10H12FNO. The van der Waals surface area contributed by atoms with E-state index in [-0.39, 0.29) is 11.7 Å². The van der Waals surface area contributed by atoms with Crippen LogP contribution in [0.1, 0.15) is 18.9 Å². The van der Waals surface area contributed by atoms with Gasteiger partial charge in [-0.1, -0.05) is 6.92 Å². The maximum absolute atomic E-state index is 12.8. The number of halogens is 1. The monoisotopic (exact) mass is 181 g/mol. The molecule has 1 aromatic carbocycles. The lowest BCUT2D eigenvalue weighted by Crippen LogP contribution is -2.09. The van der Waals surface area contributed by atoms with Crippen molar-refractivity contribution in [2.75, 3.05) is 5.32 Å². The largest absolute Gasteiger partial charge is 0.326 e. The summed E-state index contributed by atoms with van der Waals surface area (Å²) in [6, 6.07) is 4.46. The maximum Gasteiger partial charge on any atom is 0.224 e. The zero-order valence-corrected chi connectivity index (χ0v) is 7.73. The molecule has 0 aromatic heterocycles. The molecule has 1 N–H and O–H groups in total. The van der Waals surface area contributed by atoms with Gasteiger partial charge >= 0.3 is 0 Å². The molecule has 0 saturated heterocycles. The van der Waals surface area contributed by atoms with Crippen LogP contribution >= 0.6 is 0 Å². The van der Waals surface area contributed by atoms with Crippen LogP contribution < -0.4 is 5.32 Å². The molecule has 13 heavy (non-hydrogen) atoms. The predicted octanol–water partition coefficient (Wildman–Crippen LogP) is 2.48. The van der Waals surface area contributed by atoms with Gasteiger partial charge in [0.05, 0.1) is 0 Å².